The van der Waals surface area contributed by atoms with Crippen LogP contribution in [0.1, 0.15) is 26.5 Å². The second-order valence-corrected chi connectivity index (χ2v) is 5.97. The molecular formula is C14H21BrN2O3. The molecule has 0 atom stereocenters. The van der Waals surface area contributed by atoms with Gasteiger partial charge in [0, 0.05) is 13.1 Å². The Labute approximate surface area is 127 Å². The third-order valence-electron chi connectivity index (χ3n) is 2.12. The van der Waals surface area contributed by atoms with Gasteiger partial charge in [-0.25, -0.2) is 4.79 Å². The van der Waals surface area contributed by atoms with Crippen molar-refractivity contribution < 1.29 is 13.9 Å². The van der Waals surface area contributed by atoms with E-state index in [2.05, 4.69) is 26.6 Å². The molecule has 0 radical (unpaired) electrons. The van der Waals surface area contributed by atoms with Gasteiger partial charge >= 0.3 is 6.09 Å². The Kier molecular flexibility index (Phi) is 6.81. The molecule has 1 rings (SSSR count). The highest BCUT2D eigenvalue weighted by Crippen LogP contribution is 2.13. The SMILES string of the molecule is CC(C)(C)OC(=O)NC/C=C/CNCc1ccc(Br)o1. The van der Waals surface area contributed by atoms with Gasteiger partial charge < -0.3 is 19.8 Å². The molecule has 1 amide bonds. The van der Waals surface area contributed by atoms with Crippen LogP contribution in [0.15, 0.2) is 33.4 Å². The van der Waals surface area contributed by atoms with Gasteiger partial charge in [-0.15, -0.1) is 0 Å². The van der Waals surface area contributed by atoms with E-state index in [-0.39, 0.29) is 0 Å². The lowest BCUT2D eigenvalue weighted by Crippen LogP contribution is -2.32. The lowest BCUT2D eigenvalue weighted by molar-refractivity contribution is 0.0534. The molecule has 1 heterocycles. The van der Waals surface area contributed by atoms with Crippen LogP contribution in [-0.2, 0) is 11.3 Å². The number of ether oxygens (including phenoxy) is 1. The highest BCUT2D eigenvalue weighted by Gasteiger charge is 2.14. The van der Waals surface area contributed by atoms with E-state index in [0.29, 0.717) is 19.6 Å². The number of hydrogen-bond acceptors (Lipinski definition) is 4. The maximum Gasteiger partial charge on any atom is 0.407 e. The van der Waals surface area contributed by atoms with Gasteiger partial charge in [0.1, 0.15) is 11.4 Å². The molecule has 0 bridgehead atoms. The normalized spacial score (nSPS) is 11.8. The van der Waals surface area contributed by atoms with Gasteiger partial charge in [0.05, 0.1) is 6.54 Å². The van der Waals surface area contributed by atoms with Crippen LogP contribution in [0.25, 0.3) is 0 Å². The predicted molar refractivity (Wildman–Crippen MR) is 81.5 cm³/mol. The maximum atomic E-state index is 11.3. The van der Waals surface area contributed by atoms with Crippen molar-refractivity contribution in [2.24, 2.45) is 0 Å². The molecule has 112 valence electrons. The maximum absolute atomic E-state index is 11.3. The number of rotatable bonds is 6. The first kappa shape index (κ1) is 16.8. The topological polar surface area (TPSA) is 63.5 Å². The van der Waals surface area contributed by atoms with Gasteiger partial charge in [-0.2, -0.15) is 0 Å². The minimum Gasteiger partial charge on any atom is -0.453 e. The second-order valence-electron chi connectivity index (χ2n) is 5.19. The van der Waals surface area contributed by atoms with E-state index in [4.69, 9.17) is 9.15 Å². The van der Waals surface area contributed by atoms with Crippen molar-refractivity contribution in [2.75, 3.05) is 13.1 Å². The quantitative estimate of drug-likeness (QED) is 0.614. The molecule has 0 aliphatic rings. The Morgan fingerprint density at radius 3 is 2.65 bits per heavy atom. The Morgan fingerprint density at radius 1 is 1.35 bits per heavy atom. The van der Waals surface area contributed by atoms with Gasteiger partial charge in [-0.1, -0.05) is 12.2 Å². The van der Waals surface area contributed by atoms with Gasteiger partial charge in [0.25, 0.3) is 0 Å². The van der Waals surface area contributed by atoms with Crippen molar-refractivity contribution >= 4 is 22.0 Å². The highest BCUT2D eigenvalue weighted by atomic mass is 79.9. The molecule has 0 aliphatic carbocycles. The first-order valence-corrected chi connectivity index (χ1v) is 7.23. The molecule has 20 heavy (non-hydrogen) atoms. The monoisotopic (exact) mass is 344 g/mol. The Hall–Kier alpha value is -1.27. The number of amides is 1. The summed E-state index contributed by atoms with van der Waals surface area (Å²) in [6.45, 7) is 7.31. The van der Waals surface area contributed by atoms with Crippen molar-refractivity contribution in [1.82, 2.24) is 10.6 Å². The summed E-state index contributed by atoms with van der Waals surface area (Å²) < 4.78 is 11.2. The van der Waals surface area contributed by atoms with Crippen LogP contribution < -0.4 is 10.6 Å². The molecule has 0 unspecified atom stereocenters. The fraction of sp³-hybridized carbons (Fsp3) is 0.500. The van der Waals surface area contributed by atoms with E-state index >= 15 is 0 Å². The molecule has 1 aromatic rings. The number of carbonyl (C=O) groups excluding carboxylic acids is 1. The molecule has 2 N–H and O–H groups in total. The third kappa shape index (κ3) is 8.01. The third-order valence-corrected chi connectivity index (χ3v) is 2.55. The Balaban J connectivity index is 2.06. The number of carbonyl (C=O) groups is 1. The fourth-order valence-corrected chi connectivity index (χ4v) is 1.69. The first-order valence-electron chi connectivity index (χ1n) is 6.43. The van der Waals surface area contributed by atoms with Crippen LogP contribution in [0.4, 0.5) is 4.79 Å². The molecule has 0 spiro atoms. The molecule has 0 fully saturated rings. The van der Waals surface area contributed by atoms with Gasteiger partial charge in [-0.05, 0) is 48.8 Å². The zero-order valence-electron chi connectivity index (χ0n) is 12.0. The van der Waals surface area contributed by atoms with Gasteiger partial charge in [0.2, 0.25) is 0 Å². The van der Waals surface area contributed by atoms with Crippen molar-refractivity contribution in [2.45, 2.75) is 32.9 Å². The van der Waals surface area contributed by atoms with Crippen LogP contribution >= 0.6 is 15.9 Å². The molecule has 0 saturated heterocycles. The largest absolute Gasteiger partial charge is 0.453 e. The number of halogens is 1. The lowest BCUT2D eigenvalue weighted by atomic mass is 10.2. The minimum absolute atomic E-state index is 0.407. The number of furan rings is 1. The average Bonchev–Trinajstić information content (AvgIpc) is 2.71. The second kappa shape index (κ2) is 8.11. The van der Waals surface area contributed by atoms with Crippen molar-refractivity contribution in [1.29, 1.82) is 0 Å². The average molecular weight is 345 g/mol. The summed E-state index contributed by atoms with van der Waals surface area (Å²) in [6.07, 6.45) is 3.40. The van der Waals surface area contributed by atoms with Crippen LogP contribution in [0, 0.1) is 0 Å². The van der Waals surface area contributed by atoms with Crippen LogP contribution in [-0.4, -0.2) is 24.8 Å². The van der Waals surface area contributed by atoms with Crippen molar-refractivity contribution in [3.05, 3.63) is 34.7 Å². The summed E-state index contributed by atoms with van der Waals surface area (Å²) in [5.74, 6) is 0.872. The van der Waals surface area contributed by atoms with E-state index < -0.39 is 11.7 Å². The van der Waals surface area contributed by atoms with E-state index in [1.165, 1.54) is 0 Å². The summed E-state index contributed by atoms with van der Waals surface area (Å²) in [4.78, 5) is 11.3. The van der Waals surface area contributed by atoms with E-state index in [0.717, 1.165) is 10.4 Å². The van der Waals surface area contributed by atoms with Gasteiger partial charge in [-0.3, -0.25) is 0 Å². The number of alkyl carbamates (subject to hydrolysis) is 1. The summed E-state index contributed by atoms with van der Waals surface area (Å²) in [5, 5.41) is 5.85. The summed E-state index contributed by atoms with van der Waals surface area (Å²) >= 11 is 3.25. The van der Waals surface area contributed by atoms with E-state index in [9.17, 15) is 4.79 Å². The molecule has 6 heteroatoms. The standard InChI is InChI=1S/C14H21BrN2O3/c1-14(2,3)20-13(18)17-9-5-4-8-16-10-11-6-7-12(15)19-11/h4-7,16H,8-10H2,1-3H3,(H,17,18)/b5-4+. The van der Waals surface area contributed by atoms with Crippen LogP contribution in [0.5, 0.6) is 0 Å². The lowest BCUT2D eigenvalue weighted by Gasteiger charge is -2.19. The minimum atomic E-state index is -0.466. The Bertz CT molecular complexity index is 450. The zero-order chi connectivity index (χ0) is 15.0. The molecular weight excluding hydrogens is 324 g/mol. The number of nitrogens with one attached hydrogen (secondary N) is 2. The van der Waals surface area contributed by atoms with E-state index in [1.807, 2.05) is 45.1 Å². The molecule has 0 saturated carbocycles. The first-order chi connectivity index (χ1) is 9.37. The van der Waals surface area contributed by atoms with Crippen LogP contribution in [0.3, 0.4) is 0 Å². The molecule has 0 aromatic carbocycles. The summed E-state index contributed by atoms with van der Waals surface area (Å²) in [6, 6.07) is 3.77. The Morgan fingerprint density at radius 2 is 2.05 bits per heavy atom. The van der Waals surface area contributed by atoms with Crippen molar-refractivity contribution in [3.63, 3.8) is 0 Å². The van der Waals surface area contributed by atoms with Gasteiger partial charge in [0.15, 0.2) is 4.67 Å². The fourth-order valence-electron chi connectivity index (χ4n) is 1.35. The van der Waals surface area contributed by atoms with Crippen molar-refractivity contribution in [3.8, 4) is 0 Å². The molecule has 0 aliphatic heterocycles. The van der Waals surface area contributed by atoms with E-state index in [1.54, 1.807) is 0 Å². The number of hydrogen-bond donors (Lipinski definition) is 2. The smallest absolute Gasteiger partial charge is 0.407 e. The highest BCUT2D eigenvalue weighted by molar-refractivity contribution is 9.10. The summed E-state index contributed by atoms with van der Waals surface area (Å²) in [7, 11) is 0. The zero-order valence-corrected chi connectivity index (χ0v) is 13.6. The predicted octanol–water partition coefficient (Wildman–Crippen LogP) is 3.21. The molecule has 1 aromatic heterocycles. The summed E-state index contributed by atoms with van der Waals surface area (Å²) in [5.41, 5.74) is -0.466. The van der Waals surface area contributed by atoms with Crippen LogP contribution in [0.2, 0.25) is 0 Å². The molecule has 5 nitrogen and oxygen atoms in total.